The highest BCUT2D eigenvalue weighted by molar-refractivity contribution is 6.02. The van der Waals surface area contributed by atoms with E-state index in [2.05, 4.69) is 15.3 Å². The van der Waals surface area contributed by atoms with Gasteiger partial charge in [0.05, 0.1) is 0 Å². The zero-order valence-electron chi connectivity index (χ0n) is 17.1. The van der Waals surface area contributed by atoms with Crippen LogP contribution in [0.15, 0.2) is 60.7 Å². The van der Waals surface area contributed by atoms with Crippen molar-refractivity contribution in [3.63, 3.8) is 0 Å². The van der Waals surface area contributed by atoms with Crippen molar-refractivity contribution in [1.29, 1.82) is 0 Å². The van der Waals surface area contributed by atoms with E-state index >= 15 is 0 Å². The van der Waals surface area contributed by atoms with E-state index < -0.39 is 0 Å². The summed E-state index contributed by atoms with van der Waals surface area (Å²) in [4.78, 5) is 35.9. The highest BCUT2D eigenvalue weighted by Crippen LogP contribution is 2.30. The maximum atomic E-state index is 13.0. The van der Waals surface area contributed by atoms with Crippen molar-refractivity contribution in [3.05, 3.63) is 89.0 Å². The lowest BCUT2D eigenvalue weighted by molar-refractivity contribution is 0.0723. The van der Waals surface area contributed by atoms with E-state index in [0.29, 0.717) is 23.6 Å². The molecule has 0 radical (unpaired) electrons. The fourth-order valence-corrected chi connectivity index (χ4v) is 3.32. The summed E-state index contributed by atoms with van der Waals surface area (Å²) in [7, 11) is 0. The second-order valence-electron chi connectivity index (χ2n) is 7.64. The molecule has 2 aromatic heterocycles. The molecule has 1 aliphatic rings. The summed E-state index contributed by atoms with van der Waals surface area (Å²) in [6.07, 6.45) is 2.05. The fraction of sp³-hybridized carbons (Fsp3) is 0.250. The predicted molar refractivity (Wildman–Crippen MR) is 115 cm³/mol. The monoisotopic (exact) mass is 400 g/mol. The quantitative estimate of drug-likeness (QED) is 0.674. The first kappa shape index (κ1) is 19.8. The molecule has 1 fully saturated rings. The first-order chi connectivity index (χ1) is 14.5. The highest BCUT2D eigenvalue weighted by Gasteiger charge is 2.33. The van der Waals surface area contributed by atoms with Gasteiger partial charge in [-0.1, -0.05) is 24.3 Å². The fourth-order valence-electron chi connectivity index (χ4n) is 3.32. The summed E-state index contributed by atoms with van der Waals surface area (Å²) < 4.78 is 0. The third kappa shape index (κ3) is 4.71. The van der Waals surface area contributed by atoms with E-state index in [9.17, 15) is 9.59 Å². The zero-order valence-corrected chi connectivity index (χ0v) is 17.1. The van der Waals surface area contributed by atoms with Gasteiger partial charge in [0, 0.05) is 29.7 Å². The van der Waals surface area contributed by atoms with Crippen molar-refractivity contribution in [1.82, 2.24) is 14.9 Å². The molecule has 0 spiro atoms. The number of carbonyl (C=O) groups is 2. The van der Waals surface area contributed by atoms with Crippen LogP contribution < -0.4 is 5.32 Å². The average Bonchev–Trinajstić information content (AvgIpc) is 3.58. The predicted octanol–water partition coefficient (Wildman–Crippen LogP) is 4.15. The third-order valence-corrected chi connectivity index (χ3v) is 5.04. The molecule has 4 rings (SSSR count). The number of pyridine rings is 2. The van der Waals surface area contributed by atoms with Crippen LogP contribution in [0.2, 0.25) is 0 Å². The van der Waals surface area contributed by atoms with Crippen LogP contribution in [0.4, 0.5) is 5.69 Å². The molecule has 6 nitrogen and oxygen atoms in total. The van der Waals surface area contributed by atoms with Crippen LogP contribution >= 0.6 is 0 Å². The maximum absolute atomic E-state index is 13.0. The SMILES string of the molecule is Cc1cccc(C(=O)Nc2ccc(CN(C(=O)c3cccc(C)n3)C3CC3)cc2)n1. The van der Waals surface area contributed by atoms with Gasteiger partial charge in [0.25, 0.3) is 11.8 Å². The van der Waals surface area contributed by atoms with E-state index in [1.54, 1.807) is 12.1 Å². The van der Waals surface area contributed by atoms with Gasteiger partial charge in [0.1, 0.15) is 11.4 Å². The summed E-state index contributed by atoms with van der Waals surface area (Å²) in [5.74, 6) is -0.282. The Kier molecular flexibility index (Phi) is 5.57. The normalized spacial score (nSPS) is 13.0. The van der Waals surface area contributed by atoms with Crippen molar-refractivity contribution < 1.29 is 9.59 Å². The van der Waals surface area contributed by atoms with Gasteiger partial charge in [-0.25, -0.2) is 9.97 Å². The Labute approximate surface area is 176 Å². The average molecular weight is 400 g/mol. The molecule has 1 aliphatic carbocycles. The molecule has 2 heterocycles. The molecule has 0 unspecified atom stereocenters. The van der Waals surface area contributed by atoms with E-state index in [-0.39, 0.29) is 17.9 Å². The van der Waals surface area contributed by atoms with Crippen molar-refractivity contribution in [2.45, 2.75) is 39.3 Å². The lowest BCUT2D eigenvalue weighted by atomic mass is 10.1. The van der Waals surface area contributed by atoms with E-state index in [0.717, 1.165) is 29.8 Å². The van der Waals surface area contributed by atoms with E-state index in [4.69, 9.17) is 0 Å². The first-order valence-corrected chi connectivity index (χ1v) is 10.1. The van der Waals surface area contributed by atoms with Crippen LogP contribution in [0.1, 0.15) is 50.8 Å². The molecule has 152 valence electrons. The number of hydrogen-bond acceptors (Lipinski definition) is 4. The topological polar surface area (TPSA) is 75.2 Å². The lowest BCUT2D eigenvalue weighted by Crippen LogP contribution is -2.33. The molecule has 30 heavy (non-hydrogen) atoms. The Morgan fingerprint density at radius 3 is 2.10 bits per heavy atom. The Morgan fingerprint density at radius 1 is 0.900 bits per heavy atom. The number of anilines is 1. The Bertz CT molecular complexity index is 1070. The number of benzene rings is 1. The summed E-state index contributed by atoms with van der Waals surface area (Å²) in [5.41, 5.74) is 4.20. The van der Waals surface area contributed by atoms with Gasteiger partial charge in [-0.2, -0.15) is 0 Å². The third-order valence-electron chi connectivity index (χ3n) is 5.04. The molecule has 1 aromatic carbocycles. The molecule has 0 bridgehead atoms. The number of amides is 2. The van der Waals surface area contributed by atoms with Crippen molar-refractivity contribution >= 4 is 17.5 Å². The summed E-state index contributed by atoms with van der Waals surface area (Å²) in [6, 6.07) is 18.7. The number of rotatable bonds is 6. The number of nitrogens with zero attached hydrogens (tertiary/aromatic N) is 3. The van der Waals surface area contributed by atoms with Gasteiger partial charge in [-0.05, 0) is 68.7 Å². The molecule has 0 atom stereocenters. The summed E-state index contributed by atoms with van der Waals surface area (Å²) in [5, 5.41) is 2.86. The van der Waals surface area contributed by atoms with Crippen LogP contribution in [0.3, 0.4) is 0 Å². The van der Waals surface area contributed by atoms with Crippen LogP contribution in [-0.2, 0) is 6.54 Å². The minimum atomic E-state index is -0.244. The molecule has 1 saturated carbocycles. The molecule has 0 aliphatic heterocycles. The van der Waals surface area contributed by atoms with Crippen molar-refractivity contribution in [2.24, 2.45) is 0 Å². The number of hydrogen-bond donors (Lipinski definition) is 1. The lowest BCUT2D eigenvalue weighted by Gasteiger charge is -2.22. The van der Waals surface area contributed by atoms with Crippen LogP contribution in [-0.4, -0.2) is 32.7 Å². The molecule has 6 heteroatoms. The Balaban J connectivity index is 1.44. The molecular weight excluding hydrogens is 376 g/mol. The summed E-state index contributed by atoms with van der Waals surface area (Å²) >= 11 is 0. The van der Waals surface area contributed by atoms with Gasteiger partial charge < -0.3 is 10.2 Å². The summed E-state index contributed by atoms with van der Waals surface area (Å²) in [6.45, 7) is 4.26. The number of carbonyl (C=O) groups excluding carboxylic acids is 2. The van der Waals surface area contributed by atoms with Crippen LogP contribution in [0.25, 0.3) is 0 Å². The van der Waals surface area contributed by atoms with Gasteiger partial charge in [0.2, 0.25) is 0 Å². The number of nitrogens with one attached hydrogen (secondary N) is 1. The van der Waals surface area contributed by atoms with Crippen LogP contribution in [0, 0.1) is 13.8 Å². The molecule has 1 N–H and O–H groups in total. The van der Waals surface area contributed by atoms with Crippen LogP contribution in [0.5, 0.6) is 0 Å². The molecule has 3 aromatic rings. The standard InChI is InChI=1S/C24H24N4O2/c1-16-5-3-7-21(25-16)23(29)27-19-11-9-18(10-12-19)15-28(20-13-14-20)24(30)22-8-4-6-17(2)26-22/h3-12,20H,13-15H2,1-2H3,(H,27,29). The minimum Gasteiger partial charge on any atom is -0.330 e. The maximum Gasteiger partial charge on any atom is 0.274 e. The van der Waals surface area contributed by atoms with Gasteiger partial charge >= 0.3 is 0 Å². The highest BCUT2D eigenvalue weighted by atomic mass is 16.2. The van der Waals surface area contributed by atoms with E-state index in [1.807, 2.05) is 67.3 Å². The van der Waals surface area contributed by atoms with Gasteiger partial charge in [-0.15, -0.1) is 0 Å². The smallest absolute Gasteiger partial charge is 0.274 e. The number of aryl methyl sites for hydroxylation is 2. The molecular formula is C24H24N4O2. The van der Waals surface area contributed by atoms with Gasteiger partial charge in [0.15, 0.2) is 0 Å². The Morgan fingerprint density at radius 2 is 1.50 bits per heavy atom. The number of aromatic nitrogens is 2. The largest absolute Gasteiger partial charge is 0.330 e. The second kappa shape index (κ2) is 8.45. The van der Waals surface area contributed by atoms with Crippen molar-refractivity contribution in [2.75, 3.05) is 5.32 Å². The minimum absolute atomic E-state index is 0.0379. The Hall–Kier alpha value is -3.54. The van der Waals surface area contributed by atoms with Crippen molar-refractivity contribution in [3.8, 4) is 0 Å². The molecule has 0 saturated heterocycles. The van der Waals surface area contributed by atoms with Gasteiger partial charge in [-0.3, -0.25) is 9.59 Å². The first-order valence-electron chi connectivity index (χ1n) is 10.1. The molecule has 2 amide bonds. The zero-order chi connectivity index (χ0) is 21.1. The second-order valence-corrected chi connectivity index (χ2v) is 7.64. The van der Waals surface area contributed by atoms with E-state index in [1.165, 1.54) is 0 Å².